The Bertz CT molecular complexity index is 697. The molecule has 0 fully saturated rings. The zero-order valence-corrected chi connectivity index (χ0v) is 13.3. The topological polar surface area (TPSA) is 55.2 Å². The van der Waals surface area contributed by atoms with Crippen molar-refractivity contribution in [1.29, 1.82) is 0 Å². The molecule has 0 radical (unpaired) electrons. The average Bonchev–Trinajstić information content (AvgIpc) is 2.37. The fourth-order valence-electron chi connectivity index (χ4n) is 1.95. The Morgan fingerprint density at radius 1 is 1.33 bits per heavy atom. The van der Waals surface area contributed by atoms with Crippen LogP contribution >= 0.6 is 27.5 Å². The van der Waals surface area contributed by atoms with Gasteiger partial charge in [0, 0.05) is 21.6 Å². The van der Waals surface area contributed by atoms with Crippen LogP contribution in [-0.4, -0.2) is 4.92 Å². The van der Waals surface area contributed by atoms with E-state index in [1.165, 1.54) is 30.3 Å². The van der Waals surface area contributed by atoms with E-state index in [0.29, 0.717) is 15.2 Å². The van der Waals surface area contributed by atoms with Crippen molar-refractivity contribution in [3.63, 3.8) is 0 Å². The Morgan fingerprint density at radius 3 is 2.67 bits per heavy atom. The quantitative estimate of drug-likeness (QED) is 0.582. The first-order chi connectivity index (χ1) is 9.88. The van der Waals surface area contributed by atoms with Gasteiger partial charge in [0.15, 0.2) is 0 Å². The van der Waals surface area contributed by atoms with E-state index in [2.05, 4.69) is 21.2 Å². The van der Waals surface area contributed by atoms with Gasteiger partial charge in [-0.25, -0.2) is 4.39 Å². The largest absolute Gasteiger partial charge is 0.373 e. The standard InChI is InChI=1S/C14H11BrClFN2O2/c1-8(11-4-3-10(17)7-12(11)15)18-13-6-9(16)2-5-14(13)19(20)21/h2-8,18H,1H3. The highest BCUT2D eigenvalue weighted by Crippen LogP contribution is 2.32. The van der Waals surface area contributed by atoms with Crippen LogP contribution in [0.5, 0.6) is 0 Å². The Labute approximate surface area is 134 Å². The highest BCUT2D eigenvalue weighted by atomic mass is 79.9. The van der Waals surface area contributed by atoms with Crippen LogP contribution in [-0.2, 0) is 0 Å². The lowest BCUT2D eigenvalue weighted by atomic mass is 10.1. The Morgan fingerprint density at radius 2 is 2.05 bits per heavy atom. The number of nitro groups is 1. The summed E-state index contributed by atoms with van der Waals surface area (Å²) in [5, 5.41) is 14.5. The van der Waals surface area contributed by atoms with Crippen molar-refractivity contribution in [2.75, 3.05) is 5.32 Å². The molecule has 21 heavy (non-hydrogen) atoms. The van der Waals surface area contributed by atoms with Crippen LogP contribution in [0.1, 0.15) is 18.5 Å². The number of rotatable bonds is 4. The molecule has 0 bridgehead atoms. The van der Waals surface area contributed by atoms with Gasteiger partial charge in [-0.3, -0.25) is 10.1 Å². The summed E-state index contributed by atoms with van der Waals surface area (Å²) in [7, 11) is 0. The third-order valence-corrected chi connectivity index (χ3v) is 3.88. The molecule has 0 aliphatic rings. The summed E-state index contributed by atoms with van der Waals surface area (Å²) in [4.78, 5) is 10.5. The number of nitrogens with one attached hydrogen (secondary N) is 1. The number of hydrogen-bond donors (Lipinski definition) is 1. The summed E-state index contributed by atoms with van der Waals surface area (Å²) in [5.74, 6) is -0.355. The highest BCUT2D eigenvalue weighted by Gasteiger charge is 2.17. The van der Waals surface area contributed by atoms with Crippen LogP contribution in [0.2, 0.25) is 5.02 Å². The smallest absolute Gasteiger partial charge is 0.292 e. The Balaban J connectivity index is 2.33. The van der Waals surface area contributed by atoms with Gasteiger partial charge in [-0.05, 0) is 36.8 Å². The lowest BCUT2D eigenvalue weighted by Gasteiger charge is -2.17. The molecule has 2 rings (SSSR count). The number of hydrogen-bond acceptors (Lipinski definition) is 3. The van der Waals surface area contributed by atoms with Crippen molar-refractivity contribution < 1.29 is 9.31 Å². The van der Waals surface area contributed by atoms with Crippen molar-refractivity contribution >= 4 is 38.9 Å². The first-order valence-corrected chi connectivity index (χ1v) is 7.21. The van der Waals surface area contributed by atoms with E-state index in [9.17, 15) is 14.5 Å². The summed E-state index contributed by atoms with van der Waals surface area (Å²) in [5.41, 5.74) is 1.03. The predicted octanol–water partition coefficient (Wildman–Crippen LogP) is 5.32. The van der Waals surface area contributed by atoms with Gasteiger partial charge in [0.05, 0.1) is 4.92 Å². The molecule has 1 atom stereocenters. The van der Waals surface area contributed by atoms with E-state index in [1.54, 1.807) is 6.07 Å². The van der Waals surface area contributed by atoms with Gasteiger partial charge in [-0.1, -0.05) is 33.6 Å². The van der Waals surface area contributed by atoms with Crippen LogP contribution in [0.4, 0.5) is 15.8 Å². The summed E-state index contributed by atoms with van der Waals surface area (Å²) >= 11 is 9.16. The minimum absolute atomic E-state index is 0.0653. The maximum atomic E-state index is 13.1. The molecule has 1 N–H and O–H groups in total. The molecular weight excluding hydrogens is 363 g/mol. The average molecular weight is 374 g/mol. The van der Waals surface area contributed by atoms with Gasteiger partial charge >= 0.3 is 0 Å². The molecule has 1 unspecified atom stereocenters. The Hall–Kier alpha value is -1.66. The molecule has 0 heterocycles. The second kappa shape index (κ2) is 6.41. The maximum absolute atomic E-state index is 13.1. The van der Waals surface area contributed by atoms with Gasteiger partial charge in [0.2, 0.25) is 0 Å². The highest BCUT2D eigenvalue weighted by molar-refractivity contribution is 9.10. The van der Waals surface area contributed by atoms with Crippen molar-refractivity contribution in [3.05, 3.63) is 67.4 Å². The van der Waals surface area contributed by atoms with Crippen molar-refractivity contribution in [2.45, 2.75) is 13.0 Å². The van der Waals surface area contributed by atoms with E-state index in [1.807, 2.05) is 6.92 Å². The molecule has 4 nitrogen and oxygen atoms in total. The van der Waals surface area contributed by atoms with Crippen LogP contribution in [0.15, 0.2) is 40.9 Å². The number of nitrogens with zero attached hydrogens (tertiary/aromatic N) is 1. The van der Waals surface area contributed by atoms with Crippen LogP contribution in [0.25, 0.3) is 0 Å². The molecule has 0 saturated carbocycles. The Kier molecular flexibility index (Phi) is 4.80. The van der Waals surface area contributed by atoms with Crippen LogP contribution in [0, 0.1) is 15.9 Å². The molecule has 0 aliphatic heterocycles. The summed E-state index contributed by atoms with van der Waals surface area (Å²) < 4.78 is 13.7. The van der Waals surface area contributed by atoms with Gasteiger partial charge in [-0.15, -0.1) is 0 Å². The molecule has 0 aromatic heterocycles. The molecule has 7 heteroatoms. The van der Waals surface area contributed by atoms with Crippen molar-refractivity contribution in [2.24, 2.45) is 0 Å². The third kappa shape index (κ3) is 3.71. The number of anilines is 1. The summed E-state index contributed by atoms with van der Waals surface area (Å²) in [6.07, 6.45) is 0. The molecule has 0 amide bonds. The van der Waals surface area contributed by atoms with Crippen molar-refractivity contribution in [3.8, 4) is 0 Å². The zero-order chi connectivity index (χ0) is 15.6. The third-order valence-electron chi connectivity index (χ3n) is 2.96. The van der Waals surface area contributed by atoms with Gasteiger partial charge in [-0.2, -0.15) is 0 Å². The first-order valence-electron chi connectivity index (χ1n) is 6.04. The van der Waals surface area contributed by atoms with E-state index < -0.39 is 4.92 Å². The number of nitro benzene ring substituents is 1. The number of benzene rings is 2. The zero-order valence-electron chi connectivity index (χ0n) is 10.9. The van der Waals surface area contributed by atoms with Gasteiger partial charge in [0.25, 0.3) is 5.69 Å². The minimum Gasteiger partial charge on any atom is -0.373 e. The second-order valence-corrected chi connectivity index (χ2v) is 5.74. The SMILES string of the molecule is CC(Nc1cc(Cl)ccc1[N+](=O)[O-])c1ccc(F)cc1Br. The molecular formula is C14H11BrClFN2O2. The molecule has 2 aromatic carbocycles. The van der Waals surface area contributed by atoms with Crippen molar-refractivity contribution in [1.82, 2.24) is 0 Å². The maximum Gasteiger partial charge on any atom is 0.292 e. The predicted molar refractivity (Wildman–Crippen MR) is 84.2 cm³/mol. The summed E-state index contributed by atoms with van der Waals surface area (Å²) in [6.45, 7) is 1.82. The number of halogens is 3. The second-order valence-electron chi connectivity index (χ2n) is 4.45. The molecule has 0 spiro atoms. The van der Waals surface area contributed by atoms with E-state index in [4.69, 9.17) is 11.6 Å². The summed E-state index contributed by atoms with van der Waals surface area (Å²) in [6, 6.07) is 8.34. The van der Waals surface area contributed by atoms with E-state index in [0.717, 1.165) is 5.56 Å². The minimum atomic E-state index is -0.481. The van der Waals surface area contributed by atoms with Crippen LogP contribution < -0.4 is 5.32 Å². The van der Waals surface area contributed by atoms with Gasteiger partial charge < -0.3 is 5.32 Å². The monoisotopic (exact) mass is 372 g/mol. The normalized spacial score (nSPS) is 12.0. The lowest BCUT2D eigenvalue weighted by Crippen LogP contribution is -2.09. The van der Waals surface area contributed by atoms with E-state index in [-0.39, 0.29) is 17.5 Å². The molecule has 2 aromatic rings. The lowest BCUT2D eigenvalue weighted by molar-refractivity contribution is -0.384. The van der Waals surface area contributed by atoms with Gasteiger partial charge in [0.1, 0.15) is 11.5 Å². The fourth-order valence-corrected chi connectivity index (χ4v) is 2.81. The fraction of sp³-hybridized carbons (Fsp3) is 0.143. The van der Waals surface area contributed by atoms with Crippen LogP contribution in [0.3, 0.4) is 0 Å². The first kappa shape index (κ1) is 15.7. The molecule has 110 valence electrons. The molecule has 0 saturated heterocycles. The van der Waals surface area contributed by atoms with E-state index >= 15 is 0 Å². The molecule has 0 aliphatic carbocycles.